The molecule has 1 aromatic rings. The monoisotopic (exact) mass is 409 g/mol. The van der Waals surface area contributed by atoms with Gasteiger partial charge in [0.05, 0.1) is 6.54 Å². The van der Waals surface area contributed by atoms with Crippen molar-refractivity contribution in [1.29, 1.82) is 0 Å². The number of aliphatic imine (C=N–C) groups is 1. The van der Waals surface area contributed by atoms with E-state index in [4.69, 9.17) is 0 Å². The molecule has 0 saturated heterocycles. The van der Waals surface area contributed by atoms with Gasteiger partial charge in [0.2, 0.25) is 0 Å². The molecule has 3 nitrogen and oxygen atoms in total. The summed E-state index contributed by atoms with van der Waals surface area (Å²) in [6.07, 6.45) is 1.79. The van der Waals surface area contributed by atoms with E-state index in [0.29, 0.717) is 12.1 Å². The van der Waals surface area contributed by atoms with Gasteiger partial charge in [-0.05, 0) is 24.5 Å². The van der Waals surface area contributed by atoms with Crippen LogP contribution < -0.4 is 0 Å². The fraction of sp³-hybridized carbons (Fsp3) is 0.533. The van der Waals surface area contributed by atoms with Gasteiger partial charge in [0, 0.05) is 39.7 Å². The Kier molecular flexibility index (Phi) is 5.95. The van der Waals surface area contributed by atoms with E-state index in [0.717, 1.165) is 24.9 Å². The van der Waals surface area contributed by atoms with E-state index >= 15 is 0 Å². The number of hydrogen-bond donors (Lipinski definition) is 0. The third-order valence-electron chi connectivity index (χ3n) is 3.68. The lowest BCUT2D eigenvalue weighted by molar-refractivity contribution is 0.474. The number of guanidine groups is 1. The zero-order valence-electron chi connectivity index (χ0n) is 12.9. The van der Waals surface area contributed by atoms with Crippen LogP contribution in [0.2, 0.25) is 0 Å². The number of hydrogen-bond acceptors (Lipinski definition) is 1. The largest absolute Gasteiger partial charge is 0.349 e. The average Bonchev–Trinajstić information content (AvgIpc) is 3.09. The Balaban J connectivity index is 0.00000220. The first kappa shape index (κ1) is 18.1. The molecular formula is C15H22F2IN3. The Morgan fingerprint density at radius 3 is 2.14 bits per heavy atom. The zero-order valence-corrected chi connectivity index (χ0v) is 15.2. The molecular weight excluding hydrogens is 387 g/mol. The standard InChI is InChI=1S/C15H21F2N3.HI/c1-19(2)14(20(3)4)18-10-15(7-8-15)12-6-5-11(16)9-13(12)17;/h5-6,9H,7-8,10H2,1-4H3;1H. The molecule has 1 fully saturated rings. The van der Waals surface area contributed by atoms with Gasteiger partial charge in [0.1, 0.15) is 11.6 Å². The molecule has 0 unspecified atom stereocenters. The molecule has 0 N–H and O–H groups in total. The summed E-state index contributed by atoms with van der Waals surface area (Å²) in [6.45, 7) is 0.529. The molecule has 0 bridgehead atoms. The lowest BCUT2D eigenvalue weighted by atomic mass is 9.95. The molecule has 1 saturated carbocycles. The Hall–Kier alpha value is -0.920. The van der Waals surface area contributed by atoms with Crippen LogP contribution >= 0.6 is 24.0 Å². The minimum Gasteiger partial charge on any atom is -0.349 e. The van der Waals surface area contributed by atoms with E-state index < -0.39 is 11.6 Å². The van der Waals surface area contributed by atoms with Crippen LogP contribution in [0.4, 0.5) is 8.78 Å². The van der Waals surface area contributed by atoms with Crippen LogP contribution in [0.15, 0.2) is 23.2 Å². The van der Waals surface area contributed by atoms with Crippen molar-refractivity contribution >= 4 is 29.9 Å². The summed E-state index contributed by atoms with van der Waals surface area (Å²) in [5.74, 6) is -0.152. The second-order valence-corrected chi connectivity index (χ2v) is 5.81. The lowest BCUT2D eigenvalue weighted by Crippen LogP contribution is -2.36. The van der Waals surface area contributed by atoms with Crippen molar-refractivity contribution in [2.45, 2.75) is 18.3 Å². The minimum absolute atomic E-state index is 0. The van der Waals surface area contributed by atoms with Crippen molar-refractivity contribution in [2.24, 2.45) is 4.99 Å². The topological polar surface area (TPSA) is 18.8 Å². The van der Waals surface area contributed by atoms with Gasteiger partial charge in [-0.25, -0.2) is 8.78 Å². The molecule has 2 rings (SSSR count). The molecule has 1 aromatic carbocycles. The normalized spacial score (nSPS) is 15.0. The Morgan fingerprint density at radius 1 is 1.14 bits per heavy atom. The summed E-state index contributed by atoms with van der Waals surface area (Å²) in [6, 6.07) is 3.83. The van der Waals surface area contributed by atoms with E-state index in [-0.39, 0.29) is 29.4 Å². The molecule has 118 valence electrons. The molecule has 0 amide bonds. The molecule has 1 aliphatic carbocycles. The second-order valence-electron chi connectivity index (χ2n) is 5.81. The quantitative estimate of drug-likeness (QED) is 0.434. The molecule has 0 heterocycles. The van der Waals surface area contributed by atoms with Crippen molar-refractivity contribution in [3.63, 3.8) is 0 Å². The van der Waals surface area contributed by atoms with Crippen molar-refractivity contribution in [3.8, 4) is 0 Å². The van der Waals surface area contributed by atoms with Gasteiger partial charge in [-0.15, -0.1) is 24.0 Å². The van der Waals surface area contributed by atoms with Gasteiger partial charge >= 0.3 is 0 Å². The Labute approximate surface area is 142 Å². The Bertz CT molecular complexity index is 516. The van der Waals surface area contributed by atoms with E-state index in [9.17, 15) is 8.78 Å². The van der Waals surface area contributed by atoms with Crippen molar-refractivity contribution in [1.82, 2.24) is 9.80 Å². The summed E-state index contributed by atoms with van der Waals surface area (Å²) in [7, 11) is 7.71. The van der Waals surface area contributed by atoms with Crippen LogP contribution in [-0.2, 0) is 5.41 Å². The zero-order chi connectivity index (χ0) is 14.9. The fourth-order valence-corrected chi connectivity index (χ4v) is 2.49. The highest BCUT2D eigenvalue weighted by Crippen LogP contribution is 2.49. The number of nitrogens with zero attached hydrogens (tertiary/aromatic N) is 3. The summed E-state index contributed by atoms with van der Waals surface area (Å²) >= 11 is 0. The minimum atomic E-state index is -0.534. The van der Waals surface area contributed by atoms with Gasteiger partial charge in [-0.1, -0.05) is 6.07 Å². The first-order valence-corrected chi connectivity index (χ1v) is 6.70. The predicted octanol–water partition coefficient (Wildman–Crippen LogP) is 3.09. The van der Waals surface area contributed by atoms with Gasteiger partial charge in [0.25, 0.3) is 0 Å². The molecule has 0 aliphatic heterocycles. The molecule has 0 radical (unpaired) electrons. The third kappa shape index (κ3) is 4.05. The molecule has 6 heteroatoms. The van der Waals surface area contributed by atoms with E-state index in [2.05, 4.69) is 4.99 Å². The summed E-state index contributed by atoms with van der Waals surface area (Å²) in [5, 5.41) is 0. The van der Waals surface area contributed by atoms with Crippen LogP contribution in [0.3, 0.4) is 0 Å². The Morgan fingerprint density at radius 2 is 1.71 bits per heavy atom. The second kappa shape index (κ2) is 6.89. The molecule has 1 aliphatic rings. The maximum atomic E-state index is 13.9. The van der Waals surface area contributed by atoms with E-state index in [1.165, 1.54) is 6.07 Å². The first-order chi connectivity index (χ1) is 9.35. The summed E-state index contributed by atoms with van der Waals surface area (Å²) < 4.78 is 26.9. The van der Waals surface area contributed by atoms with Crippen molar-refractivity contribution in [2.75, 3.05) is 34.7 Å². The van der Waals surface area contributed by atoms with Gasteiger partial charge in [-0.2, -0.15) is 0 Å². The van der Waals surface area contributed by atoms with Crippen molar-refractivity contribution in [3.05, 3.63) is 35.4 Å². The predicted molar refractivity (Wildman–Crippen MR) is 92.4 cm³/mol. The smallest absolute Gasteiger partial charge is 0.195 e. The van der Waals surface area contributed by atoms with E-state index in [1.807, 2.05) is 38.0 Å². The fourth-order valence-electron chi connectivity index (χ4n) is 2.49. The highest BCUT2D eigenvalue weighted by Gasteiger charge is 2.46. The molecule has 0 spiro atoms. The van der Waals surface area contributed by atoms with Crippen molar-refractivity contribution < 1.29 is 8.78 Å². The highest BCUT2D eigenvalue weighted by atomic mass is 127. The van der Waals surface area contributed by atoms with Crippen LogP contribution in [0.25, 0.3) is 0 Å². The van der Waals surface area contributed by atoms with Crippen LogP contribution in [-0.4, -0.2) is 50.5 Å². The lowest BCUT2D eigenvalue weighted by Gasteiger charge is -2.24. The van der Waals surface area contributed by atoms with Crippen LogP contribution in [0.1, 0.15) is 18.4 Å². The average molecular weight is 409 g/mol. The number of rotatable bonds is 3. The molecule has 0 aromatic heterocycles. The number of benzene rings is 1. The van der Waals surface area contributed by atoms with Gasteiger partial charge in [0.15, 0.2) is 5.96 Å². The van der Waals surface area contributed by atoms with Gasteiger partial charge < -0.3 is 9.80 Å². The highest BCUT2D eigenvalue weighted by molar-refractivity contribution is 14.0. The maximum absolute atomic E-state index is 13.9. The summed E-state index contributed by atoms with van der Waals surface area (Å²) in [5.41, 5.74) is 0.328. The number of halogens is 3. The van der Waals surface area contributed by atoms with Gasteiger partial charge in [-0.3, -0.25) is 4.99 Å². The van der Waals surface area contributed by atoms with Crippen LogP contribution in [0.5, 0.6) is 0 Å². The molecule has 0 atom stereocenters. The SMILES string of the molecule is CN(C)C(=NCC1(c2ccc(F)cc2F)CC1)N(C)C.I. The third-order valence-corrected chi connectivity index (χ3v) is 3.68. The maximum Gasteiger partial charge on any atom is 0.195 e. The summed E-state index contributed by atoms with van der Waals surface area (Å²) in [4.78, 5) is 8.46. The van der Waals surface area contributed by atoms with Crippen LogP contribution in [0, 0.1) is 11.6 Å². The first-order valence-electron chi connectivity index (χ1n) is 6.70. The molecule has 21 heavy (non-hydrogen) atoms. The van der Waals surface area contributed by atoms with E-state index in [1.54, 1.807) is 6.07 Å².